The number of nitrogens with zero attached hydrogens (tertiary/aromatic N) is 1. The van der Waals surface area contributed by atoms with Gasteiger partial charge in [-0.05, 0) is 66.1 Å². The number of sulfonamides is 1. The number of aryl methyl sites for hydroxylation is 1. The molecule has 202 valence electrons. The number of primary sulfonamides is 1. The molecule has 1 amide bonds. The van der Waals surface area contributed by atoms with Gasteiger partial charge in [0.15, 0.2) is 0 Å². The molecule has 0 spiro atoms. The van der Waals surface area contributed by atoms with Crippen molar-refractivity contribution < 1.29 is 27.9 Å². The van der Waals surface area contributed by atoms with Gasteiger partial charge in [-0.1, -0.05) is 60.7 Å². The number of hydrogen-bond acceptors (Lipinski definition) is 6. The van der Waals surface area contributed by atoms with E-state index in [0.29, 0.717) is 23.5 Å². The number of rotatable bonds is 7. The zero-order valence-electron chi connectivity index (χ0n) is 21.5. The lowest BCUT2D eigenvalue weighted by atomic mass is 9.94. The van der Waals surface area contributed by atoms with Gasteiger partial charge in [-0.2, -0.15) is 0 Å². The summed E-state index contributed by atoms with van der Waals surface area (Å²) >= 11 is 0. The maximum absolute atomic E-state index is 13.4. The second kappa shape index (κ2) is 10.8. The van der Waals surface area contributed by atoms with Crippen LogP contribution in [0.1, 0.15) is 28.3 Å². The standard InChI is InChI=1S/C31H26N2O6S/c1-20-18-23(12-17-26(20)39-19-21-8-4-2-5-9-21)29(34)27-28(22-10-6-3-7-11-22)33(31(36)30(27)35)24-13-15-25(16-14-24)40(32,37)38/h2-18,28,34H,19H2,1H3,(H2,32,37,38)/b29-27+. The van der Waals surface area contributed by atoms with E-state index in [1.807, 2.05) is 37.3 Å². The van der Waals surface area contributed by atoms with E-state index >= 15 is 0 Å². The predicted octanol–water partition coefficient (Wildman–Crippen LogP) is 4.85. The van der Waals surface area contributed by atoms with Crippen molar-refractivity contribution in [3.8, 4) is 5.75 Å². The molecule has 0 bridgehead atoms. The number of amides is 1. The smallest absolute Gasteiger partial charge is 0.300 e. The number of Topliss-reactive ketones (excluding diaryl/α,β-unsaturated/α-hetero) is 1. The zero-order chi connectivity index (χ0) is 28.4. The average molecular weight is 555 g/mol. The SMILES string of the molecule is Cc1cc(/C(O)=C2\C(=O)C(=O)N(c3ccc(S(N)(=O)=O)cc3)C2c2ccccc2)ccc1OCc1ccccc1. The molecule has 9 heteroatoms. The summed E-state index contributed by atoms with van der Waals surface area (Å²) in [6.07, 6.45) is 0. The summed E-state index contributed by atoms with van der Waals surface area (Å²) in [6, 6.07) is 28.0. The minimum atomic E-state index is -3.95. The Morgan fingerprint density at radius 1 is 0.900 bits per heavy atom. The van der Waals surface area contributed by atoms with Gasteiger partial charge >= 0.3 is 0 Å². The molecule has 0 aliphatic carbocycles. The summed E-state index contributed by atoms with van der Waals surface area (Å²) in [5.74, 6) is -1.41. The van der Waals surface area contributed by atoms with Gasteiger partial charge in [0, 0.05) is 11.3 Å². The van der Waals surface area contributed by atoms with E-state index in [4.69, 9.17) is 9.88 Å². The first-order valence-electron chi connectivity index (χ1n) is 12.4. The number of ketones is 1. The van der Waals surface area contributed by atoms with Crippen LogP contribution in [0.5, 0.6) is 5.75 Å². The van der Waals surface area contributed by atoms with Gasteiger partial charge in [-0.15, -0.1) is 0 Å². The second-order valence-electron chi connectivity index (χ2n) is 9.37. The third-order valence-corrected chi connectivity index (χ3v) is 7.62. The third kappa shape index (κ3) is 5.25. The molecule has 1 aliphatic heterocycles. The number of aliphatic hydroxyl groups is 1. The molecule has 1 aliphatic rings. The van der Waals surface area contributed by atoms with Crippen molar-refractivity contribution in [1.82, 2.24) is 0 Å². The number of ether oxygens (including phenoxy) is 1. The summed E-state index contributed by atoms with van der Waals surface area (Å²) in [5, 5.41) is 16.6. The number of carbonyl (C=O) groups excluding carboxylic acids is 2. The Labute approximate surface area is 232 Å². The summed E-state index contributed by atoms with van der Waals surface area (Å²) in [6.45, 7) is 2.20. The highest BCUT2D eigenvalue weighted by Crippen LogP contribution is 2.42. The van der Waals surface area contributed by atoms with Crippen LogP contribution in [0.15, 0.2) is 114 Å². The van der Waals surface area contributed by atoms with Crippen molar-refractivity contribution in [2.45, 2.75) is 24.5 Å². The second-order valence-corrected chi connectivity index (χ2v) is 10.9. The first-order valence-corrected chi connectivity index (χ1v) is 14.0. The quantitative estimate of drug-likeness (QED) is 0.191. The number of anilines is 1. The minimum absolute atomic E-state index is 0.0796. The van der Waals surface area contributed by atoms with Gasteiger partial charge < -0.3 is 9.84 Å². The monoisotopic (exact) mass is 554 g/mol. The fraction of sp³-hybridized carbons (Fsp3) is 0.0968. The zero-order valence-corrected chi connectivity index (χ0v) is 22.3. The van der Waals surface area contributed by atoms with Crippen molar-refractivity contribution >= 4 is 33.2 Å². The predicted molar refractivity (Wildman–Crippen MR) is 151 cm³/mol. The van der Waals surface area contributed by atoms with Gasteiger partial charge in [0.25, 0.3) is 11.7 Å². The summed E-state index contributed by atoms with van der Waals surface area (Å²) in [4.78, 5) is 27.8. The molecule has 4 aromatic carbocycles. The highest BCUT2D eigenvalue weighted by atomic mass is 32.2. The average Bonchev–Trinajstić information content (AvgIpc) is 3.22. The number of carbonyl (C=O) groups is 2. The van der Waals surface area contributed by atoms with Gasteiger partial charge in [0.1, 0.15) is 18.1 Å². The topological polar surface area (TPSA) is 127 Å². The Balaban J connectivity index is 1.55. The molecule has 1 fully saturated rings. The van der Waals surface area contributed by atoms with Crippen molar-refractivity contribution in [3.63, 3.8) is 0 Å². The first-order chi connectivity index (χ1) is 19.1. The number of hydrogen-bond donors (Lipinski definition) is 2. The van der Waals surface area contributed by atoms with E-state index in [1.54, 1.807) is 48.5 Å². The van der Waals surface area contributed by atoms with Gasteiger partial charge in [-0.3, -0.25) is 14.5 Å². The maximum Gasteiger partial charge on any atom is 0.300 e. The maximum atomic E-state index is 13.4. The molecule has 0 radical (unpaired) electrons. The van der Waals surface area contributed by atoms with Crippen molar-refractivity contribution in [2.75, 3.05) is 4.90 Å². The molecule has 8 nitrogen and oxygen atoms in total. The molecule has 40 heavy (non-hydrogen) atoms. The van der Waals surface area contributed by atoms with E-state index in [0.717, 1.165) is 11.1 Å². The molecular weight excluding hydrogens is 528 g/mol. The Morgan fingerprint density at radius 2 is 1.52 bits per heavy atom. The molecule has 0 aromatic heterocycles. The van der Waals surface area contributed by atoms with E-state index in [9.17, 15) is 23.1 Å². The van der Waals surface area contributed by atoms with Crippen LogP contribution in [0, 0.1) is 6.92 Å². The Bertz CT molecular complexity index is 1720. The lowest BCUT2D eigenvalue weighted by molar-refractivity contribution is -0.132. The van der Waals surface area contributed by atoms with Crippen molar-refractivity contribution in [2.24, 2.45) is 5.14 Å². The molecule has 4 aromatic rings. The number of aliphatic hydroxyl groups excluding tert-OH is 1. The van der Waals surface area contributed by atoms with Crippen molar-refractivity contribution in [3.05, 3.63) is 131 Å². The van der Waals surface area contributed by atoms with E-state index in [1.165, 1.54) is 29.2 Å². The highest BCUT2D eigenvalue weighted by molar-refractivity contribution is 7.89. The fourth-order valence-corrected chi connectivity index (χ4v) is 5.21. The Morgan fingerprint density at radius 3 is 2.12 bits per heavy atom. The normalized spacial score (nSPS) is 16.8. The fourth-order valence-electron chi connectivity index (χ4n) is 4.70. The van der Waals surface area contributed by atoms with Crippen LogP contribution in [-0.4, -0.2) is 25.2 Å². The molecule has 5 rings (SSSR count). The largest absolute Gasteiger partial charge is 0.507 e. The van der Waals surface area contributed by atoms with Gasteiger partial charge in [0.05, 0.1) is 16.5 Å². The van der Waals surface area contributed by atoms with Crippen LogP contribution in [0.25, 0.3) is 5.76 Å². The van der Waals surface area contributed by atoms with Gasteiger partial charge in [0.2, 0.25) is 10.0 Å². The summed E-state index contributed by atoms with van der Waals surface area (Å²) < 4.78 is 29.4. The molecule has 1 atom stereocenters. The molecule has 3 N–H and O–H groups in total. The molecule has 1 unspecified atom stereocenters. The van der Waals surface area contributed by atoms with E-state index in [2.05, 4.69) is 0 Å². The van der Waals surface area contributed by atoms with Gasteiger partial charge in [-0.25, -0.2) is 13.6 Å². The van der Waals surface area contributed by atoms with Crippen molar-refractivity contribution in [1.29, 1.82) is 0 Å². The number of nitrogens with two attached hydrogens (primary N) is 1. The summed E-state index contributed by atoms with van der Waals surface area (Å²) in [5.41, 5.74) is 2.90. The van der Waals surface area contributed by atoms with Crippen LogP contribution in [-0.2, 0) is 26.2 Å². The molecule has 1 saturated heterocycles. The van der Waals surface area contributed by atoms with Crippen LogP contribution in [0.4, 0.5) is 5.69 Å². The lowest BCUT2D eigenvalue weighted by Gasteiger charge is -2.25. The molecule has 0 saturated carbocycles. The first kappa shape index (κ1) is 26.9. The lowest BCUT2D eigenvalue weighted by Crippen LogP contribution is -2.29. The van der Waals surface area contributed by atoms with Crippen LogP contribution in [0.2, 0.25) is 0 Å². The Hall–Kier alpha value is -4.73. The third-order valence-electron chi connectivity index (χ3n) is 6.69. The highest BCUT2D eigenvalue weighted by Gasteiger charge is 2.47. The number of benzene rings is 4. The van der Waals surface area contributed by atoms with E-state index < -0.39 is 27.8 Å². The van der Waals surface area contributed by atoms with Crippen LogP contribution < -0.4 is 14.8 Å². The minimum Gasteiger partial charge on any atom is -0.507 e. The van der Waals surface area contributed by atoms with E-state index in [-0.39, 0.29) is 21.9 Å². The van der Waals surface area contributed by atoms with Crippen LogP contribution in [0.3, 0.4) is 0 Å². The molecular formula is C31H26N2O6S. The van der Waals surface area contributed by atoms with Crippen LogP contribution >= 0.6 is 0 Å². The summed E-state index contributed by atoms with van der Waals surface area (Å²) in [7, 11) is -3.95. The molecule has 1 heterocycles. The Kier molecular flexibility index (Phi) is 7.25.